The van der Waals surface area contributed by atoms with Crippen LogP contribution >= 0.6 is 0 Å². The largest absolute Gasteiger partial charge is 0.480 e. The molecule has 0 aliphatic carbocycles. The molecule has 4 nitrogen and oxygen atoms in total. The van der Waals surface area contributed by atoms with Crippen LogP contribution in [0, 0.1) is 0 Å². The van der Waals surface area contributed by atoms with Gasteiger partial charge in [-0.05, 0) is 27.4 Å². The summed E-state index contributed by atoms with van der Waals surface area (Å²) < 4.78 is 0. The number of aliphatic hydroxyl groups is 1. The third kappa shape index (κ3) is 2.17. The highest BCUT2D eigenvalue weighted by atomic mass is 16.4. The van der Waals surface area contributed by atoms with E-state index >= 15 is 0 Å². The normalized spacial score (nSPS) is 16.5. The average Bonchev–Trinajstić information content (AvgIpc) is 1.87. The number of rotatable bonds is 4. The number of carboxylic acids is 1. The fourth-order valence-electron chi connectivity index (χ4n) is 0.740. The van der Waals surface area contributed by atoms with Crippen LogP contribution in [0.2, 0.25) is 0 Å². The molecule has 11 heavy (non-hydrogen) atoms. The van der Waals surface area contributed by atoms with Gasteiger partial charge >= 0.3 is 5.97 Å². The fraction of sp³-hybridized carbons (Fsp3) is 0.857. The van der Waals surface area contributed by atoms with Gasteiger partial charge in [0.1, 0.15) is 5.54 Å². The molecule has 0 saturated carbocycles. The first kappa shape index (κ1) is 10.4. The smallest absolute Gasteiger partial charge is 0.323 e. The zero-order valence-electron chi connectivity index (χ0n) is 7.16. The highest BCUT2D eigenvalue weighted by molar-refractivity contribution is 5.78. The molecule has 0 radical (unpaired) electrons. The van der Waals surface area contributed by atoms with Gasteiger partial charge in [0.25, 0.3) is 0 Å². The van der Waals surface area contributed by atoms with E-state index in [1.54, 1.807) is 25.9 Å². The number of aliphatic hydroxyl groups excluding tert-OH is 1. The van der Waals surface area contributed by atoms with Crippen molar-refractivity contribution in [1.29, 1.82) is 0 Å². The van der Waals surface area contributed by atoms with E-state index < -0.39 is 11.5 Å². The van der Waals surface area contributed by atoms with Crippen LogP contribution in [-0.2, 0) is 4.79 Å². The van der Waals surface area contributed by atoms with Crippen molar-refractivity contribution in [3.8, 4) is 0 Å². The first-order chi connectivity index (χ1) is 4.95. The number of aliphatic carboxylic acids is 1. The predicted molar refractivity (Wildman–Crippen MR) is 41.4 cm³/mol. The SMILES string of the molecule is CN(C)C(C)(CCO)C(=O)O. The van der Waals surface area contributed by atoms with Crippen LogP contribution < -0.4 is 0 Å². The minimum absolute atomic E-state index is 0.110. The van der Waals surface area contributed by atoms with E-state index in [2.05, 4.69) is 0 Å². The molecule has 1 atom stereocenters. The summed E-state index contributed by atoms with van der Waals surface area (Å²) in [6, 6.07) is 0. The topological polar surface area (TPSA) is 60.8 Å². The second-order valence-electron chi connectivity index (χ2n) is 2.95. The second-order valence-corrected chi connectivity index (χ2v) is 2.95. The van der Waals surface area contributed by atoms with Crippen LogP contribution in [0.25, 0.3) is 0 Å². The van der Waals surface area contributed by atoms with Gasteiger partial charge in [-0.25, -0.2) is 0 Å². The molecule has 66 valence electrons. The maximum atomic E-state index is 10.7. The van der Waals surface area contributed by atoms with Gasteiger partial charge in [-0.15, -0.1) is 0 Å². The lowest BCUT2D eigenvalue weighted by molar-refractivity contribution is -0.149. The molecule has 0 aromatic heterocycles. The number of hydrogen-bond donors (Lipinski definition) is 2. The molecule has 0 aliphatic heterocycles. The van der Waals surface area contributed by atoms with Crippen LogP contribution in [0.5, 0.6) is 0 Å². The Bertz CT molecular complexity index is 147. The van der Waals surface area contributed by atoms with Gasteiger partial charge in [0, 0.05) is 6.61 Å². The van der Waals surface area contributed by atoms with E-state index in [0.717, 1.165) is 0 Å². The van der Waals surface area contributed by atoms with Gasteiger partial charge in [-0.3, -0.25) is 9.69 Å². The Labute approximate surface area is 66.4 Å². The van der Waals surface area contributed by atoms with Crippen molar-refractivity contribution in [3.63, 3.8) is 0 Å². The minimum atomic E-state index is -0.950. The summed E-state index contributed by atoms with van der Waals surface area (Å²) in [6.07, 6.45) is 0.245. The van der Waals surface area contributed by atoms with Gasteiger partial charge in [0.15, 0.2) is 0 Å². The molecule has 2 N–H and O–H groups in total. The summed E-state index contributed by atoms with van der Waals surface area (Å²) in [6.45, 7) is 1.48. The van der Waals surface area contributed by atoms with Crippen molar-refractivity contribution in [2.24, 2.45) is 0 Å². The van der Waals surface area contributed by atoms with Crippen molar-refractivity contribution in [2.75, 3.05) is 20.7 Å². The summed E-state index contributed by atoms with van der Waals surface area (Å²) in [4.78, 5) is 12.3. The van der Waals surface area contributed by atoms with Crippen molar-refractivity contribution in [1.82, 2.24) is 4.90 Å². The van der Waals surface area contributed by atoms with E-state index in [1.807, 2.05) is 0 Å². The summed E-state index contributed by atoms with van der Waals surface area (Å²) in [5.41, 5.74) is -0.950. The maximum Gasteiger partial charge on any atom is 0.323 e. The standard InChI is InChI=1S/C7H15NO3/c1-7(4-5-9,6(10)11)8(2)3/h9H,4-5H2,1-3H3,(H,10,11). The van der Waals surface area contributed by atoms with E-state index in [0.29, 0.717) is 0 Å². The Hall–Kier alpha value is -0.610. The molecule has 0 aliphatic rings. The quantitative estimate of drug-likeness (QED) is 0.598. The molecule has 0 saturated heterocycles. The molecular formula is C7H15NO3. The zero-order valence-corrected chi connectivity index (χ0v) is 7.16. The van der Waals surface area contributed by atoms with Gasteiger partial charge in [-0.2, -0.15) is 0 Å². The second kappa shape index (κ2) is 3.69. The Balaban J connectivity index is 4.38. The summed E-state index contributed by atoms with van der Waals surface area (Å²) >= 11 is 0. The molecule has 0 amide bonds. The van der Waals surface area contributed by atoms with Gasteiger partial charge in [0.05, 0.1) is 0 Å². The first-order valence-corrected chi connectivity index (χ1v) is 3.47. The molecule has 0 heterocycles. The van der Waals surface area contributed by atoms with Crippen LogP contribution in [0.3, 0.4) is 0 Å². The fourth-order valence-corrected chi connectivity index (χ4v) is 0.740. The lowest BCUT2D eigenvalue weighted by Gasteiger charge is -2.31. The van der Waals surface area contributed by atoms with Gasteiger partial charge < -0.3 is 10.2 Å². The molecule has 1 unspecified atom stereocenters. The van der Waals surface area contributed by atoms with Gasteiger partial charge in [-0.1, -0.05) is 0 Å². The molecular weight excluding hydrogens is 146 g/mol. The number of carbonyl (C=O) groups is 1. The zero-order chi connectivity index (χ0) is 9.07. The summed E-state index contributed by atoms with van der Waals surface area (Å²) in [5.74, 6) is -0.906. The minimum Gasteiger partial charge on any atom is -0.480 e. The molecule has 0 bridgehead atoms. The van der Waals surface area contributed by atoms with Crippen molar-refractivity contribution in [2.45, 2.75) is 18.9 Å². The van der Waals surface area contributed by atoms with Crippen LogP contribution in [0.4, 0.5) is 0 Å². The Morgan fingerprint density at radius 2 is 2.00 bits per heavy atom. The molecule has 4 heteroatoms. The molecule has 0 spiro atoms. The van der Waals surface area contributed by atoms with Crippen molar-refractivity contribution in [3.05, 3.63) is 0 Å². The third-order valence-electron chi connectivity index (χ3n) is 2.05. The van der Waals surface area contributed by atoms with E-state index in [4.69, 9.17) is 10.2 Å². The van der Waals surface area contributed by atoms with Crippen LogP contribution in [0.1, 0.15) is 13.3 Å². The van der Waals surface area contributed by atoms with E-state index in [9.17, 15) is 4.79 Å². The van der Waals surface area contributed by atoms with Crippen molar-refractivity contribution < 1.29 is 15.0 Å². The third-order valence-corrected chi connectivity index (χ3v) is 2.05. The van der Waals surface area contributed by atoms with E-state index in [1.165, 1.54) is 0 Å². The maximum absolute atomic E-state index is 10.7. The molecule has 0 aromatic carbocycles. The lowest BCUT2D eigenvalue weighted by atomic mass is 9.97. The van der Waals surface area contributed by atoms with E-state index in [-0.39, 0.29) is 13.0 Å². The summed E-state index contributed by atoms with van der Waals surface area (Å²) in [5, 5.41) is 17.4. The number of nitrogens with zero attached hydrogens (tertiary/aromatic N) is 1. The average molecular weight is 161 g/mol. The summed E-state index contributed by atoms with van der Waals surface area (Å²) in [7, 11) is 3.37. The highest BCUT2D eigenvalue weighted by Crippen LogP contribution is 2.15. The highest BCUT2D eigenvalue weighted by Gasteiger charge is 2.34. The molecule has 0 rings (SSSR count). The van der Waals surface area contributed by atoms with Crippen molar-refractivity contribution >= 4 is 5.97 Å². The first-order valence-electron chi connectivity index (χ1n) is 3.47. The number of likely N-dealkylation sites (N-methyl/N-ethyl adjacent to an activating group) is 1. The molecule has 0 aromatic rings. The Morgan fingerprint density at radius 1 is 1.55 bits per heavy atom. The Kier molecular flexibility index (Phi) is 3.48. The van der Waals surface area contributed by atoms with Gasteiger partial charge in [0.2, 0.25) is 0 Å². The van der Waals surface area contributed by atoms with Crippen LogP contribution in [0.15, 0.2) is 0 Å². The predicted octanol–water partition coefficient (Wildman–Crippen LogP) is -0.226. The molecule has 0 fully saturated rings. The Morgan fingerprint density at radius 3 is 2.09 bits per heavy atom. The van der Waals surface area contributed by atoms with Crippen LogP contribution in [-0.4, -0.2) is 47.3 Å². The number of carboxylic acid groups (broad SMARTS) is 1. The monoisotopic (exact) mass is 161 g/mol. The number of hydrogen-bond acceptors (Lipinski definition) is 3. The lowest BCUT2D eigenvalue weighted by Crippen LogP contribution is -2.49.